The SMILES string of the molecule is CCOCC(NC1=NC(CC(C)C)CS1)C(C)C. The Bertz CT molecular complexity index is 267. The molecule has 2 atom stereocenters. The van der Waals surface area contributed by atoms with E-state index in [1.54, 1.807) is 0 Å². The van der Waals surface area contributed by atoms with Crippen molar-refractivity contribution in [3.05, 3.63) is 0 Å². The molecular formula is C14H28N2OS. The zero-order chi connectivity index (χ0) is 13.5. The molecule has 1 aliphatic heterocycles. The van der Waals surface area contributed by atoms with E-state index in [0.717, 1.165) is 30.1 Å². The largest absolute Gasteiger partial charge is 0.380 e. The van der Waals surface area contributed by atoms with Crippen LogP contribution in [0.3, 0.4) is 0 Å². The minimum absolute atomic E-state index is 0.369. The maximum atomic E-state index is 5.53. The summed E-state index contributed by atoms with van der Waals surface area (Å²) >= 11 is 1.85. The van der Waals surface area contributed by atoms with Crippen molar-refractivity contribution in [1.82, 2.24) is 5.32 Å². The number of rotatable bonds is 7. The van der Waals surface area contributed by atoms with E-state index in [0.29, 0.717) is 18.0 Å². The van der Waals surface area contributed by atoms with Crippen molar-refractivity contribution >= 4 is 16.9 Å². The predicted octanol–water partition coefficient (Wildman–Crippen LogP) is 3.15. The lowest BCUT2D eigenvalue weighted by Gasteiger charge is -2.22. The van der Waals surface area contributed by atoms with Crippen LogP contribution in [-0.4, -0.2) is 36.2 Å². The topological polar surface area (TPSA) is 33.6 Å². The standard InChI is InChI=1S/C14H28N2OS/c1-6-17-8-13(11(4)5)16-14-15-12(9-18-14)7-10(2)3/h10-13H,6-9H2,1-5H3,(H,15,16). The summed E-state index contributed by atoms with van der Waals surface area (Å²) in [5, 5.41) is 4.65. The highest BCUT2D eigenvalue weighted by atomic mass is 32.2. The number of hydrogen-bond acceptors (Lipinski definition) is 4. The van der Waals surface area contributed by atoms with Crippen LogP contribution in [0, 0.1) is 11.8 Å². The molecule has 0 spiro atoms. The van der Waals surface area contributed by atoms with Crippen LogP contribution < -0.4 is 5.32 Å². The molecule has 0 aromatic rings. The third kappa shape index (κ3) is 5.61. The highest BCUT2D eigenvalue weighted by Gasteiger charge is 2.22. The summed E-state index contributed by atoms with van der Waals surface area (Å²) in [6.45, 7) is 12.6. The Balaban J connectivity index is 2.44. The van der Waals surface area contributed by atoms with Crippen LogP contribution in [-0.2, 0) is 4.74 Å². The first kappa shape index (κ1) is 15.8. The number of thioether (sulfide) groups is 1. The Morgan fingerprint density at radius 1 is 1.39 bits per heavy atom. The molecule has 0 aromatic carbocycles. The molecule has 0 saturated heterocycles. The van der Waals surface area contributed by atoms with Gasteiger partial charge in [0, 0.05) is 12.4 Å². The van der Waals surface area contributed by atoms with Gasteiger partial charge in [-0.25, -0.2) is 0 Å². The van der Waals surface area contributed by atoms with Gasteiger partial charge in [0.2, 0.25) is 0 Å². The summed E-state index contributed by atoms with van der Waals surface area (Å²) in [6.07, 6.45) is 1.19. The second-order valence-electron chi connectivity index (χ2n) is 5.68. The molecule has 3 nitrogen and oxygen atoms in total. The smallest absolute Gasteiger partial charge is 0.157 e. The lowest BCUT2D eigenvalue weighted by molar-refractivity contribution is 0.115. The first-order chi connectivity index (χ1) is 8.52. The highest BCUT2D eigenvalue weighted by Crippen LogP contribution is 2.22. The van der Waals surface area contributed by atoms with Gasteiger partial charge in [0.25, 0.3) is 0 Å². The second kappa shape index (κ2) is 8.05. The van der Waals surface area contributed by atoms with Crippen LogP contribution in [0.4, 0.5) is 0 Å². The van der Waals surface area contributed by atoms with Crippen LogP contribution in [0.2, 0.25) is 0 Å². The van der Waals surface area contributed by atoms with Crippen molar-refractivity contribution in [3.8, 4) is 0 Å². The third-order valence-electron chi connectivity index (χ3n) is 3.07. The van der Waals surface area contributed by atoms with Gasteiger partial charge in [-0.2, -0.15) is 0 Å². The molecule has 0 radical (unpaired) electrons. The monoisotopic (exact) mass is 272 g/mol. The number of ether oxygens (including phenoxy) is 1. The van der Waals surface area contributed by atoms with Crippen LogP contribution in [0.15, 0.2) is 4.99 Å². The molecule has 1 heterocycles. The van der Waals surface area contributed by atoms with E-state index in [2.05, 4.69) is 33.0 Å². The minimum Gasteiger partial charge on any atom is -0.380 e. The average Bonchev–Trinajstić information content (AvgIpc) is 2.70. The molecule has 0 aliphatic carbocycles. The molecule has 1 N–H and O–H groups in total. The zero-order valence-corrected chi connectivity index (χ0v) is 13.2. The normalized spacial score (nSPS) is 21.5. The van der Waals surface area contributed by atoms with E-state index in [4.69, 9.17) is 9.73 Å². The Morgan fingerprint density at radius 3 is 2.67 bits per heavy atom. The maximum Gasteiger partial charge on any atom is 0.157 e. The first-order valence-electron chi connectivity index (χ1n) is 7.07. The van der Waals surface area contributed by atoms with Gasteiger partial charge in [-0.3, -0.25) is 4.99 Å². The predicted molar refractivity (Wildman–Crippen MR) is 81.4 cm³/mol. The van der Waals surface area contributed by atoms with Crippen molar-refractivity contribution in [1.29, 1.82) is 0 Å². The van der Waals surface area contributed by atoms with Crippen LogP contribution in [0.1, 0.15) is 41.0 Å². The number of amidine groups is 1. The lowest BCUT2D eigenvalue weighted by atomic mass is 10.1. The molecule has 0 aromatic heterocycles. The molecule has 4 heteroatoms. The molecule has 1 aliphatic rings. The van der Waals surface area contributed by atoms with Gasteiger partial charge in [-0.15, -0.1) is 0 Å². The Kier molecular flexibility index (Phi) is 7.08. The van der Waals surface area contributed by atoms with Crippen molar-refractivity contribution in [2.75, 3.05) is 19.0 Å². The van der Waals surface area contributed by atoms with Gasteiger partial charge < -0.3 is 10.1 Å². The van der Waals surface area contributed by atoms with E-state index >= 15 is 0 Å². The summed E-state index contributed by atoms with van der Waals surface area (Å²) in [4.78, 5) is 4.77. The fourth-order valence-electron chi connectivity index (χ4n) is 1.96. The minimum atomic E-state index is 0.369. The van der Waals surface area contributed by atoms with E-state index in [-0.39, 0.29) is 0 Å². The number of aliphatic imine (C=N–C) groups is 1. The Hall–Kier alpha value is -0.220. The Morgan fingerprint density at radius 2 is 2.11 bits per heavy atom. The molecule has 2 unspecified atom stereocenters. The van der Waals surface area contributed by atoms with E-state index in [1.807, 2.05) is 18.7 Å². The molecular weight excluding hydrogens is 244 g/mol. The highest BCUT2D eigenvalue weighted by molar-refractivity contribution is 8.14. The van der Waals surface area contributed by atoms with Crippen LogP contribution >= 0.6 is 11.8 Å². The molecule has 0 saturated carbocycles. The van der Waals surface area contributed by atoms with Crippen LogP contribution in [0.5, 0.6) is 0 Å². The van der Waals surface area contributed by atoms with Crippen LogP contribution in [0.25, 0.3) is 0 Å². The van der Waals surface area contributed by atoms with Crippen molar-refractivity contribution < 1.29 is 4.74 Å². The van der Waals surface area contributed by atoms with Gasteiger partial charge >= 0.3 is 0 Å². The zero-order valence-electron chi connectivity index (χ0n) is 12.4. The fraction of sp³-hybridized carbons (Fsp3) is 0.929. The summed E-state index contributed by atoms with van der Waals surface area (Å²) in [7, 11) is 0. The first-order valence-corrected chi connectivity index (χ1v) is 8.06. The molecule has 0 amide bonds. The van der Waals surface area contributed by atoms with Crippen molar-refractivity contribution in [2.24, 2.45) is 16.8 Å². The summed E-state index contributed by atoms with van der Waals surface area (Å²) in [6, 6.07) is 0.867. The molecule has 0 fully saturated rings. The molecule has 106 valence electrons. The maximum absolute atomic E-state index is 5.53. The average molecular weight is 272 g/mol. The molecule has 18 heavy (non-hydrogen) atoms. The third-order valence-corrected chi connectivity index (χ3v) is 4.12. The quantitative estimate of drug-likeness (QED) is 0.773. The lowest BCUT2D eigenvalue weighted by Crippen LogP contribution is -2.40. The van der Waals surface area contributed by atoms with E-state index in [1.165, 1.54) is 6.42 Å². The van der Waals surface area contributed by atoms with Gasteiger partial charge in [-0.05, 0) is 25.2 Å². The van der Waals surface area contributed by atoms with Crippen molar-refractivity contribution in [2.45, 2.75) is 53.1 Å². The molecule has 1 rings (SSSR count). The fourth-order valence-corrected chi connectivity index (χ4v) is 2.98. The number of nitrogens with one attached hydrogen (secondary N) is 1. The molecule has 0 bridgehead atoms. The summed E-state index contributed by atoms with van der Waals surface area (Å²) in [5.41, 5.74) is 0. The van der Waals surface area contributed by atoms with Gasteiger partial charge in [-0.1, -0.05) is 39.5 Å². The second-order valence-corrected chi connectivity index (χ2v) is 6.69. The van der Waals surface area contributed by atoms with E-state index < -0.39 is 0 Å². The number of nitrogens with zero attached hydrogens (tertiary/aromatic N) is 1. The van der Waals surface area contributed by atoms with Crippen molar-refractivity contribution in [3.63, 3.8) is 0 Å². The summed E-state index contributed by atoms with van der Waals surface area (Å²) in [5.74, 6) is 2.41. The Labute approximate surface area is 116 Å². The van der Waals surface area contributed by atoms with Gasteiger partial charge in [0.15, 0.2) is 5.17 Å². The van der Waals surface area contributed by atoms with E-state index in [9.17, 15) is 0 Å². The summed E-state index contributed by atoms with van der Waals surface area (Å²) < 4.78 is 5.53. The number of hydrogen-bond donors (Lipinski definition) is 1. The van der Waals surface area contributed by atoms with Gasteiger partial charge in [0.1, 0.15) is 0 Å². The van der Waals surface area contributed by atoms with Gasteiger partial charge in [0.05, 0.1) is 18.7 Å².